The number of nitrogens with zero attached hydrogens (tertiary/aromatic N) is 2. The maximum Gasteiger partial charge on any atom is 0.319 e. The highest BCUT2D eigenvalue weighted by Crippen LogP contribution is 2.25. The molecule has 1 aromatic carbocycles. The number of urea groups is 1. The summed E-state index contributed by atoms with van der Waals surface area (Å²) in [4.78, 5) is 38.9. The molecule has 1 saturated heterocycles. The number of rotatable bonds is 5. The van der Waals surface area contributed by atoms with Crippen LogP contribution in [0.5, 0.6) is 0 Å². The zero-order valence-corrected chi connectivity index (χ0v) is 16.0. The summed E-state index contributed by atoms with van der Waals surface area (Å²) in [5, 5.41) is 11.8. The number of amides is 3. The minimum atomic E-state index is -1.11. The average molecular weight is 400 g/mol. The van der Waals surface area contributed by atoms with E-state index in [2.05, 4.69) is 5.32 Å². The topological polar surface area (TPSA) is 90.0 Å². The van der Waals surface area contributed by atoms with Crippen LogP contribution in [-0.4, -0.2) is 60.0 Å². The summed E-state index contributed by atoms with van der Waals surface area (Å²) in [5.74, 6) is -2.41. The molecule has 3 amide bonds. The molecule has 148 valence electrons. The van der Waals surface area contributed by atoms with Gasteiger partial charge in [0.2, 0.25) is 5.91 Å². The molecule has 2 rings (SSSR count). The second kappa shape index (κ2) is 9.03. The number of hydrogen-bond acceptors (Lipinski definition) is 3. The van der Waals surface area contributed by atoms with Crippen LogP contribution in [-0.2, 0) is 9.59 Å². The second-order valence-corrected chi connectivity index (χ2v) is 7.18. The van der Waals surface area contributed by atoms with Crippen LogP contribution in [0.4, 0.5) is 9.18 Å². The molecule has 0 saturated carbocycles. The lowest BCUT2D eigenvalue weighted by atomic mass is 9.94. The lowest BCUT2D eigenvalue weighted by Crippen LogP contribution is -2.46. The van der Waals surface area contributed by atoms with Crippen molar-refractivity contribution < 1.29 is 23.9 Å². The van der Waals surface area contributed by atoms with Crippen molar-refractivity contribution in [1.29, 1.82) is 0 Å². The summed E-state index contributed by atoms with van der Waals surface area (Å²) in [6, 6.07) is 3.00. The van der Waals surface area contributed by atoms with Gasteiger partial charge >= 0.3 is 12.0 Å². The van der Waals surface area contributed by atoms with Gasteiger partial charge in [-0.2, -0.15) is 0 Å². The monoisotopic (exact) mass is 399 g/mol. The van der Waals surface area contributed by atoms with Crippen LogP contribution in [0, 0.1) is 11.7 Å². The van der Waals surface area contributed by atoms with Gasteiger partial charge in [0, 0.05) is 33.1 Å². The van der Waals surface area contributed by atoms with Gasteiger partial charge in [-0.3, -0.25) is 9.59 Å². The molecule has 1 fully saturated rings. The summed E-state index contributed by atoms with van der Waals surface area (Å²) in [6.07, 6.45) is 0.602. The van der Waals surface area contributed by atoms with E-state index >= 15 is 0 Å². The summed E-state index contributed by atoms with van der Waals surface area (Å²) < 4.78 is 13.7. The van der Waals surface area contributed by atoms with Crippen molar-refractivity contribution >= 4 is 29.5 Å². The quantitative estimate of drug-likeness (QED) is 0.796. The largest absolute Gasteiger partial charge is 0.481 e. The van der Waals surface area contributed by atoms with E-state index in [-0.39, 0.29) is 29.3 Å². The number of benzene rings is 1. The summed E-state index contributed by atoms with van der Waals surface area (Å²) in [5.41, 5.74) is 0.341. The Hall–Kier alpha value is -2.35. The first-order valence-corrected chi connectivity index (χ1v) is 9.00. The zero-order valence-electron chi connectivity index (χ0n) is 15.2. The zero-order chi connectivity index (χ0) is 20.1. The van der Waals surface area contributed by atoms with Gasteiger partial charge in [-0.15, -0.1) is 0 Å². The first-order chi connectivity index (χ1) is 12.7. The Morgan fingerprint density at radius 2 is 1.96 bits per heavy atom. The number of likely N-dealkylation sites (tertiary alicyclic amines) is 1. The lowest BCUT2D eigenvalue weighted by Gasteiger charge is -2.33. The molecule has 7 nitrogen and oxygen atoms in total. The number of aliphatic carboxylic acids is 1. The molecule has 0 radical (unpaired) electrons. The van der Waals surface area contributed by atoms with Gasteiger partial charge in [-0.25, -0.2) is 9.18 Å². The Balaban J connectivity index is 2.03. The minimum Gasteiger partial charge on any atom is -0.481 e. The molecule has 2 N–H and O–H groups in total. The van der Waals surface area contributed by atoms with E-state index in [1.807, 2.05) is 0 Å². The van der Waals surface area contributed by atoms with E-state index < -0.39 is 17.8 Å². The fourth-order valence-electron chi connectivity index (χ4n) is 3.06. The number of piperidine rings is 1. The Kier molecular flexibility index (Phi) is 7.01. The lowest BCUT2D eigenvalue weighted by molar-refractivity contribution is -0.138. The predicted octanol–water partition coefficient (Wildman–Crippen LogP) is 2.50. The molecular weight excluding hydrogens is 377 g/mol. The van der Waals surface area contributed by atoms with Crippen molar-refractivity contribution in [2.75, 3.05) is 27.2 Å². The molecule has 0 spiro atoms. The molecule has 0 aliphatic carbocycles. The number of hydrogen-bond donors (Lipinski definition) is 2. The van der Waals surface area contributed by atoms with E-state index in [4.69, 9.17) is 16.7 Å². The van der Waals surface area contributed by atoms with Gasteiger partial charge in [-0.05, 0) is 30.5 Å². The molecule has 1 aliphatic heterocycles. The molecule has 1 aromatic rings. The van der Waals surface area contributed by atoms with E-state index in [0.717, 1.165) is 6.07 Å². The van der Waals surface area contributed by atoms with Crippen molar-refractivity contribution in [3.8, 4) is 0 Å². The SMILES string of the molecule is CN(C)C(=O)N1CCC(C(=O)NC(CC(=O)O)c2ccc(Cl)c(F)c2)CC1. The van der Waals surface area contributed by atoms with Gasteiger partial charge in [0.05, 0.1) is 17.5 Å². The fourth-order valence-corrected chi connectivity index (χ4v) is 3.18. The molecule has 27 heavy (non-hydrogen) atoms. The molecule has 1 atom stereocenters. The Morgan fingerprint density at radius 3 is 2.48 bits per heavy atom. The van der Waals surface area contributed by atoms with Crippen LogP contribution < -0.4 is 5.32 Å². The molecular formula is C18H23ClFN3O4. The van der Waals surface area contributed by atoms with Gasteiger partial charge in [-0.1, -0.05) is 17.7 Å². The highest BCUT2D eigenvalue weighted by Gasteiger charge is 2.30. The van der Waals surface area contributed by atoms with Crippen LogP contribution in [0.3, 0.4) is 0 Å². The Morgan fingerprint density at radius 1 is 1.33 bits per heavy atom. The van der Waals surface area contributed by atoms with Crippen molar-refractivity contribution in [2.45, 2.75) is 25.3 Å². The summed E-state index contributed by atoms with van der Waals surface area (Å²) in [7, 11) is 3.34. The van der Waals surface area contributed by atoms with Crippen molar-refractivity contribution in [3.63, 3.8) is 0 Å². The van der Waals surface area contributed by atoms with Gasteiger partial charge in [0.15, 0.2) is 0 Å². The van der Waals surface area contributed by atoms with Crippen molar-refractivity contribution in [3.05, 3.63) is 34.6 Å². The second-order valence-electron chi connectivity index (χ2n) is 6.77. The maximum absolute atomic E-state index is 13.7. The van der Waals surface area contributed by atoms with Crippen molar-refractivity contribution in [1.82, 2.24) is 15.1 Å². The summed E-state index contributed by atoms with van der Waals surface area (Å²) in [6.45, 7) is 0.905. The van der Waals surface area contributed by atoms with Crippen LogP contribution in [0.15, 0.2) is 18.2 Å². The van der Waals surface area contributed by atoms with Crippen LogP contribution in [0.2, 0.25) is 5.02 Å². The fraction of sp³-hybridized carbons (Fsp3) is 0.500. The predicted molar refractivity (Wildman–Crippen MR) is 97.9 cm³/mol. The molecule has 0 aromatic heterocycles. The minimum absolute atomic E-state index is 0.0721. The number of carbonyl (C=O) groups is 3. The number of carboxylic acids is 1. The van der Waals surface area contributed by atoms with E-state index in [1.54, 1.807) is 19.0 Å². The van der Waals surface area contributed by atoms with Crippen LogP contribution >= 0.6 is 11.6 Å². The molecule has 9 heteroatoms. The van der Waals surface area contributed by atoms with Crippen molar-refractivity contribution in [2.24, 2.45) is 5.92 Å². The first kappa shape index (κ1) is 21.0. The third-order valence-corrected chi connectivity index (χ3v) is 4.87. The summed E-state index contributed by atoms with van der Waals surface area (Å²) >= 11 is 5.67. The first-order valence-electron chi connectivity index (χ1n) is 8.62. The van der Waals surface area contributed by atoms with E-state index in [9.17, 15) is 18.8 Å². The molecule has 1 heterocycles. The highest BCUT2D eigenvalue weighted by molar-refractivity contribution is 6.30. The maximum atomic E-state index is 13.7. The number of halogens is 2. The van der Waals surface area contributed by atoms with Gasteiger partial charge in [0.25, 0.3) is 0 Å². The highest BCUT2D eigenvalue weighted by atomic mass is 35.5. The molecule has 0 bridgehead atoms. The third-order valence-electron chi connectivity index (χ3n) is 4.56. The smallest absolute Gasteiger partial charge is 0.319 e. The number of carboxylic acid groups (broad SMARTS) is 1. The van der Waals surface area contributed by atoms with E-state index in [1.165, 1.54) is 17.0 Å². The Bertz CT molecular complexity index is 721. The average Bonchev–Trinajstić information content (AvgIpc) is 2.62. The standard InChI is InChI=1S/C18H23ClFN3O4/c1-22(2)18(27)23-7-5-11(6-8-23)17(26)21-15(10-16(24)25)12-3-4-13(19)14(20)9-12/h3-4,9,11,15H,5-8,10H2,1-2H3,(H,21,26)(H,24,25). The molecule has 1 unspecified atom stereocenters. The van der Waals surface area contributed by atoms with Crippen LogP contribution in [0.1, 0.15) is 30.9 Å². The molecule has 1 aliphatic rings. The van der Waals surface area contributed by atoms with Gasteiger partial charge in [0.1, 0.15) is 5.82 Å². The van der Waals surface area contributed by atoms with Crippen LogP contribution in [0.25, 0.3) is 0 Å². The third kappa shape index (κ3) is 5.56. The van der Waals surface area contributed by atoms with Gasteiger partial charge < -0.3 is 20.2 Å². The number of nitrogens with one attached hydrogen (secondary N) is 1. The Labute approximate surface area is 162 Å². The van der Waals surface area contributed by atoms with E-state index in [0.29, 0.717) is 31.5 Å². The normalized spacial score (nSPS) is 15.9. The number of carbonyl (C=O) groups excluding carboxylic acids is 2.